The second-order valence-corrected chi connectivity index (χ2v) is 43.4. The number of aliphatic hydroxyl groups excluding tert-OH is 23. The summed E-state index contributed by atoms with van der Waals surface area (Å²) in [5, 5.41) is 269. The standard InChI is InChI=1S/C96H152O45/c1-16-91(11,123)26-18-20-39(3)78(120)135-73-41(5)128-85(71(118)66(73)113)141-92(12,17-2)27-19-21-43(33-97)79(121)133-55-32-96(88(122)140-87-77(65(112)59(106)48(35-99)131-87)139-84-72(119)75(137-83-70(117)62(109)58(105)47(34-98)129-83)74(42(6)127-84)136-82-68(115)60(107)49(36-100)130-82)45(30-89(55,7)8)44-22-23-52-93(13)28-25-54(90(9,10)51(93)24-29-94(52,14)95(44,15)31-53(96)102)134-81-69(116)63(110)61(108)50(132-81)38-125-86-76(64(111)56(103)40(4)126-86)138-80-67(114)57(104)46(101)37-124-80/h16-17,20-22,40-42,45-77,80-87,97-119,123H,1-2,18-19,23-38H2,3-15H3. The molecule has 8 aliphatic heterocycles. The van der Waals surface area contributed by atoms with Gasteiger partial charge in [0.05, 0.1) is 86.9 Å². The number of rotatable bonds is 33. The highest BCUT2D eigenvalue weighted by atomic mass is 16.8. The van der Waals surface area contributed by atoms with Gasteiger partial charge in [-0.3, -0.25) is 4.79 Å². The molecular weight excluding hydrogens is 1870 g/mol. The monoisotopic (exact) mass is 2020 g/mol. The van der Waals surface area contributed by atoms with Gasteiger partial charge in [0.25, 0.3) is 0 Å². The van der Waals surface area contributed by atoms with Crippen molar-refractivity contribution in [3.63, 3.8) is 0 Å². The summed E-state index contributed by atoms with van der Waals surface area (Å²) >= 11 is 0. The third-order valence-electron chi connectivity index (χ3n) is 33.5. The van der Waals surface area contributed by atoms with Crippen LogP contribution in [0, 0.1) is 50.2 Å². The van der Waals surface area contributed by atoms with E-state index in [-0.39, 0.29) is 61.5 Å². The summed E-state index contributed by atoms with van der Waals surface area (Å²) in [7, 11) is 0. The van der Waals surface area contributed by atoms with Crippen LogP contribution in [-0.4, -0.2) is 443 Å². The predicted octanol–water partition coefficient (Wildman–Crippen LogP) is -5.03. The third kappa shape index (κ3) is 22.0. The number of hydrogen-bond acceptors (Lipinski definition) is 45. The van der Waals surface area contributed by atoms with Gasteiger partial charge in [-0.2, -0.15) is 0 Å². The van der Waals surface area contributed by atoms with Crippen molar-refractivity contribution in [2.24, 2.45) is 50.2 Å². The van der Waals surface area contributed by atoms with Crippen LogP contribution in [-0.2, 0) is 99.6 Å². The van der Waals surface area contributed by atoms with Crippen LogP contribution in [0.25, 0.3) is 0 Å². The molecule has 0 aromatic heterocycles. The third-order valence-corrected chi connectivity index (χ3v) is 33.5. The summed E-state index contributed by atoms with van der Waals surface area (Å²) in [4.78, 5) is 45.2. The van der Waals surface area contributed by atoms with Crippen LogP contribution in [0.15, 0.2) is 60.3 Å². The molecule has 50 atom stereocenters. The van der Waals surface area contributed by atoms with Gasteiger partial charge in [-0.05, 0) is 152 Å². The summed E-state index contributed by atoms with van der Waals surface area (Å²) in [5.74, 6) is -4.57. The van der Waals surface area contributed by atoms with Gasteiger partial charge >= 0.3 is 17.9 Å². The fourth-order valence-electron chi connectivity index (χ4n) is 24.2. The minimum Gasteiger partial charge on any atom is -0.458 e. The number of esters is 3. The van der Waals surface area contributed by atoms with Crippen LogP contribution in [0.2, 0.25) is 0 Å². The Bertz CT molecular complexity index is 4330. The Morgan fingerprint density at radius 2 is 0.972 bits per heavy atom. The van der Waals surface area contributed by atoms with E-state index in [1.807, 2.05) is 20.8 Å². The molecule has 0 aromatic carbocycles. The molecule has 8 saturated heterocycles. The second-order valence-electron chi connectivity index (χ2n) is 43.4. The summed E-state index contributed by atoms with van der Waals surface area (Å²) < 4.78 is 110. The maximum atomic E-state index is 16.8. The topological polar surface area (TPSA) is 703 Å². The van der Waals surface area contributed by atoms with Gasteiger partial charge in [-0.15, -0.1) is 13.2 Å². The zero-order chi connectivity index (χ0) is 104. The molecule has 5 aliphatic carbocycles. The highest BCUT2D eigenvalue weighted by Gasteiger charge is 2.74. The Hall–Kier alpha value is -4.45. The summed E-state index contributed by atoms with van der Waals surface area (Å²) in [6.07, 6.45) is -61.2. The van der Waals surface area contributed by atoms with Crippen LogP contribution in [0.1, 0.15) is 167 Å². The maximum Gasteiger partial charge on any atom is 0.336 e. The summed E-state index contributed by atoms with van der Waals surface area (Å²) in [5.41, 5.74) is -8.52. The first-order valence-electron chi connectivity index (χ1n) is 48.9. The van der Waals surface area contributed by atoms with Crippen LogP contribution in [0.5, 0.6) is 0 Å². The SMILES string of the molecule is C=CC(C)(O)CCC=C(C)C(=O)OC1C(C)OC(OC(C)(C=C)CCC=C(CO)C(=O)OC2CC3(C(=O)OC4OC(CO)C(O)C(O)C4OC4OC(C)C(OC5OC(CO)C(O)C5O)C(OC5OC(CO)C(O)C(O)C5O)C4O)C(O)CC4(C)C(=CCC5C6(C)CCC(OC7OC(COC8OC(C)C(O)C(O)C8OC8OCC(O)C(O)C8O)C(O)C(O)C7O)C(C)(C)C6CCC54C)C3CC2(C)C)C(O)C1O. The van der Waals surface area contributed by atoms with E-state index in [1.165, 1.54) is 45.9 Å². The van der Waals surface area contributed by atoms with Crippen LogP contribution >= 0.6 is 0 Å². The molecule has 0 aromatic rings. The van der Waals surface area contributed by atoms with Crippen molar-refractivity contribution in [2.45, 2.75) is 430 Å². The number of fused-ring (bicyclic) bond motifs is 7. The molecule has 8 heterocycles. The van der Waals surface area contributed by atoms with Crippen LogP contribution in [0.3, 0.4) is 0 Å². The zero-order valence-corrected chi connectivity index (χ0v) is 81.7. The highest BCUT2D eigenvalue weighted by Crippen LogP contribution is 2.76. The molecule has 0 bridgehead atoms. The van der Waals surface area contributed by atoms with Gasteiger partial charge in [0.1, 0.15) is 164 Å². The summed E-state index contributed by atoms with van der Waals surface area (Å²) in [6.45, 7) is 25.7. The fourth-order valence-corrected chi connectivity index (χ4v) is 24.2. The number of ether oxygens (including phenoxy) is 18. The van der Waals surface area contributed by atoms with Gasteiger partial charge in [0, 0.05) is 17.4 Å². The molecule has 45 heteroatoms. The molecule has 45 nitrogen and oxygen atoms in total. The van der Waals surface area contributed by atoms with Crippen molar-refractivity contribution in [1.82, 2.24) is 0 Å². The van der Waals surface area contributed by atoms with E-state index in [2.05, 4.69) is 33.1 Å². The Labute approximate surface area is 816 Å². The molecule has 0 radical (unpaired) electrons. The van der Waals surface area contributed by atoms with E-state index in [0.717, 1.165) is 5.57 Å². The number of aliphatic hydroxyl groups is 24. The van der Waals surface area contributed by atoms with E-state index in [1.54, 1.807) is 33.8 Å². The lowest BCUT2D eigenvalue weighted by atomic mass is 9.33. The molecule has 50 unspecified atom stereocenters. The van der Waals surface area contributed by atoms with Crippen molar-refractivity contribution in [3.05, 3.63) is 60.3 Å². The van der Waals surface area contributed by atoms with E-state index < -0.39 is 365 Å². The van der Waals surface area contributed by atoms with Crippen molar-refractivity contribution in [1.29, 1.82) is 0 Å². The lowest BCUT2D eigenvalue weighted by Gasteiger charge is -2.72. The van der Waals surface area contributed by atoms with Crippen LogP contribution in [0.4, 0.5) is 0 Å². The Morgan fingerprint density at radius 1 is 0.468 bits per heavy atom. The molecule has 13 aliphatic rings. The number of carbonyl (C=O) groups is 3. The quantitative estimate of drug-likeness (QED) is 0.00961. The van der Waals surface area contributed by atoms with Gasteiger partial charge in [0.15, 0.2) is 56.2 Å². The summed E-state index contributed by atoms with van der Waals surface area (Å²) in [6, 6.07) is 0. The zero-order valence-electron chi connectivity index (χ0n) is 81.7. The molecule has 141 heavy (non-hydrogen) atoms. The predicted molar refractivity (Wildman–Crippen MR) is 477 cm³/mol. The van der Waals surface area contributed by atoms with E-state index in [0.29, 0.717) is 32.1 Å². The molecule has 806 valence electrons. The first-order chi connectivity index (χ1) is 66.0. The van der Waals surface area contributed by atoms with E-state index in [4.69, 9.17) is 85.3 Å². The average Bonchev–Trinajstić information content (AvgIpc) is 0.785. The number of allylic oxidation sites excluding steroid dienone is 4. The van der Waals surface area contributed by atoms with Gasteiger partial charge in [-0.1, -0.05) is 84.4 Å². The second kappa shape index (κ2) is 44.6. The Morgan fingerprint density at radius 3 is 1.59 bits per heavy atom. The lowest BCUT2D eigenvalue weighted by molar-refractivity contribution is -0.390. The maximum absolute atomic E-state index is 16.8. The average molecular weight is 2030 g/mol. The fraction of sp³-hybridized carbons (Fsp3) is 0.865. The van der Waals surface area contributed by atoms with E-state index in [9.17, 15) is 127 Å². The van der Waals surface area contributed by atoms with Crippen molar-refractivity contribution in [2.75, 3.05) is 39.6 Å². The highest BCUT2D eigenvalue weighted by molar-refractivity contribution is 5.89. The first-order valence-corrected chi connectivity index (χ1v) is 48.9. The molecule has 12 fully saturated rings. The smallest absolute Gasteiger partial charge is 0.336 e. The molecule has 0 amide bonds. The normalized spacial score (nSPS) is 48.8. The molecule has 24 N–H and O–H groups in total. The molecule has 4 saturated carbocycles. The number of carbonyl (C=O) groups excluding carboxylic acids is 3. The van der Waals surface area contributed by atoms with Gasteiger partial charge in [0.2, 0.25) is 6.29 Å². The minimum atomic E-state index is -2.29. The Kier molecular flexibility index (Phi) is 36.0. The number of hydrogen-bond donors (Lipinski definition) is 24. The van der Waals surface area contributed by atoms with Gasteiger partial charge < -0.3 is 208 Å². The minimum absolute atomic E-state index is 0.0265. The van der Waals surface area contributed by atoms with Crippen molar-refractivity contribution < 1.29 is 222 Å². The van der Waals surface area contributed by atoms with Crippen LogP contribution < -0.4 is 0 Å². The van der Waals surface area contributed by atoms with E-state index >= 15 is 9.59 Å². The molecule has 0 spiro atoms. The largest absolute Gasteiger partial charge is 0.458 e. The Balaban J connectivity index is 0.777. The lowest BCUT2D eigenvalue weighted by Crippen LogP contribution is -2.70. The molecular formula is C96H152O45. The molecule has 13 rings (SSSR count). The van der Waals surface area contributed by atoms with Crippen molar-refractivity contribution >= 4 is 17.9 Å². The first kappa shape index (κ1) is 114. The van der Waals surface area contributed by atoms with Gasteiger partial charge in [-0.25, -0.2) is 9.59 Å². The van der Waals surface area contributed by atoms with Crippen molar-refractivity contribution in [3.8, 4) is 0 Å².